The SMILES string of the molecule is COc1ccc2cc(NC(=O)CCCc3nc4ccccc4c(=O)[nH]3)cnc2c1. The van der Waals surface area contributed by atoms with Crippen molar-refractivity contribution in [1.29, 1.82) is 0 Å². The second-order valence-corrected chi connectivity index (χ2v) is 6.71. The molecule has 0 aliphatic rings. The summed E-state index contributed by atoms with van der Waals surface area (Å²) in [4.78, 5) is 36.0. The fourth-order valence-electron chi connectivity index (χ4n) is 3.19. The molecule has 7 heteroatoms. The zero-order valence-corrected chi connectivity index (χ0v) is 15.9. The van der Waals surface area contributed by atoms with E-state index in [1.807, 2.05) is 36.4 Å². The highest BCUT2D eigenvalue weighted by molar-refractivity contribution is 5.93. The topological polar surface area (TPSA) is 97.0 Å². The number of methoxy groups -OCH3 is 1. The molecule has 2 aromatic carbocycles. The lowest BCUT2D eigenvalue weighted by atomic mass is 10.2. The molecule has 0 saturated carbocycles. The predicted molar refractivity (Wildman–Crippen MR) is 112 cm³/mol. The van der Waals surface area contributed by atoms with Crippen molar-refractivity contribution in [3.63, 3.8) is 0 Å². The fraction of sp³-hybridized carbons (Fsp3) is 0.182. The van der Waals surface area contributed by atoms with Crippen molar-refractivity contribution in [3.8, 4) is 5.75 Å². The smallest absolute Gasteiger partial charge is 0.258 e. The first-order chi connectivity index (χ1) is 14.1. The number of pyridine rings is 1. The number of fused-ring (bicyclic) bond motifs is 2. The molecule has 0 aliphatic heterocycles. The summed E-state index contributed by atoms with van der Waals surface area (Å²) in [5.41, 5.74) is 1.95. The number of hydrogen-bond acceptors (Lipinski definition) is 5. The van der Waals surface area contributed by atoms with Crippen molar-refractivity contribution in [2.75, 3.05) is 12.4 Å². The second-order valence-electron chi connectivity index (χ2n) is 6.71. The van der Waals surface area contributed by atoms with Gasteiger partial charge in [0.05, 0.1) is 35.4 Å². The van der Waals surface area contributed by atoms with Gasteiger partial charge in [0, 0.05) is 24.3 Å². The van der Waals surface area contributed by atoms with E-state index in [0.29, 0.717) is 41.7 Å². The van der Waals surface area contributed by atoms with Gasteiger partial charge in [-0.1, -0.05) is 12.1 Å². The summed E-state index contributed by atoms with van der Waals surface area (Å²) in [5, 5.41) is 4.35. The van der Waals surface area contributed by atoms with Crippen LogP contribution in [-0.2, 0) is 11.2 Å². The van der Waals surface area contributed by atoms with Gasteiger partial charge in [0.15, 0.2) is 0 Å². The molecular weight excluding hydrogens is 368 g/mol. The summed E-state index contributed by atoms with van der Waals surface area (Å²) in [5.74, 6) is 1.22. The number of anilines is 1. The molecule has 2 heterocycles. The highest BCUT2D eigenvalue weighted by atomic mass is 16.5. The van der Waals surface area contributed by atoms with Crippen molar-refractivity contribution >= 4 is 33.4 Å². The van der Waals surface area contributed by atoms with Crippen LogP contribution in [0.25, 0.3) is 21.8 Å². The summed E-state index contributed by atoms with van der Waals surface area (Å²) < 4.78 is 5.19. The first-order valence-corrected chi connectivity index (χ1v) is 9.34. The molecule has 0 spiro atoms. The summed E-state index contributed by atoms with van der Waals surface area (Å²) in [6, 6.07) is 14.7. The molecular formula is C22H20N4O3. The van der Waals surface area contributed by atoms with Gasteiger partial charge in [0.25, 0.3) is 5.56 Å². The number of ether oxygens (including phenoxy) is 1. The monoisotopic (exact) mass is 388 g/mol. The molecule has 2 N–H and O–H groups in total. The van der Waals surface area contributed by atoms with Crippen molar-refractivity contribution in [3.05, 3.63) is 70.9 Å². The van der Waals surface area contributed by atoms with Gasteiger partial charge in [0.1, 0.15) is 11.6 Å². The van der Waals surface area contributed by atoms with Crippen LogP contribution in [-0.4, -0.2) is 28.0 Å². The van der Waals surface area contributed by atoms with Crippen LogP contribution in [0.5, 0.6) is 5.75 Å². The van der Waals surface area contributed by atoms with E-state index < -0.39 is 0 Å². The van der Waals surface area contributed by atoms with E-state index >= 15 is 0 Å². The van der Waals surface area contributed by atoms with E-state index in [9.17, 15) is 9.59 Å². The molecule has 146 valence electrons. The predicted octanol–water partition coefficient (Wildman–Crippen LogP) is 3.44. The number of benzene rings is 2. The Morgan fingerprint density at radius 1 is 1.14 bits per heavy atom. The highest BCUT2D eigenvalue weighted by Gasteiger charge is 2.07. The molecule has 1 amide bonds. The van der Waals surface area contributed by atoms with Crippen LogP contribution in [0.15, 0.2) is 59.5 Å². The Hall–Kier alpha value is -3.74. The molecule has 0 aliphatic carbocycles. The Balaban J connectivity index is 1.36. The van der Waals surface area contributed by atoms with Crippen LogP contribution >= 0.6 is 0 Å². The van der Waals surface area contributed by atoms with Gasteiger partial charge in [-0.15, -0.1) is 0 Å². The van der Waals surface area contributed by atoms with Gasteiger partial charge in [-0.3, -0.25) is 14.6 Å². The average Bonchev–Trinajstić information content (AvgIpc) is 2.73. The third kappa shape index (κ3) is 4.24. The molecule has 0 atom stereocenters. The lowest BCUT2D eigenvalue weighted by molar-refractivity contribution is -0.116. The van der Waals surface area contributed by atoms with Gasteiger partial charge in [-0.2, -0.15) is 0 Å². The fourth-order valence-corrected chi connectivity index (χ4v) is 3.19. The van der Waals surface area contributed by atoms with E-state index in [1.54, 1.807) is 25.4 Å². The van der Waals surface area contributed by atoms with E-state index in [-0.39, 0.29) is 11.5 Å². The summed E-state index contributed by atoms with van der Waals surface area (Å²) in [6.45, 7) is 0. The molecule has 0 unspecified atom stereocenters. The number of carbonyl (C=O) groups is 1. The molecule has 7 nitrogen and oxygen atoms in total. The number of aromatic amines is 1. The summed E-state index contributed by atoms with van der Waals surface area (Å²) in [6.07, 6.45) is 3.04. The minimum atomic E-state index is -0.158. The number of hydrogen-bond donors (Lipinski definition) is 2. The second kappa shape index (κ2) is 8.10. The Morgan fingerprint density at radius 2 is 2.00 bits per heavy atom. The lowest BCUT2D eigenvalue weighted by Crippen LogP contribution is -2.14. The van der Waals surface area contributed by atoms with E-state index in [1.165, 1.54) is 0 Å². The number of H-pyrrole nitrogens is 1. The highest BCUT2D eigenvalue weighted by Crippen LogP contribution is 2.21. The lowest BCUT2D eigenvalue weighted by Gasteiger charge is -2.07. The number of aryl methyl sites for hydroxylation is 1. The maximum Gasteiger partial charge on any atom is 0.258 e. The normalized spacial score (nSPS) is 10.9. The molecule has 0 saturated heterocycles. The molecule has 29 heavy (non-hydrogen) atoms. The van der Waals surface area contributed by atoms with E-state index in [4.69, 9.17) is 4.74 Å². The zero-order chi connectivity index (χ0) is 20.2. The Labute approximate surface area is 166 Å². The zero-order valence-electron chi connectivity index (χ0n) is 15.9. The van der Waals surface area contributed by atoms with Crippen LogP contribution in [0.3, 0.4) is 0 Å². The molecule has 4 aromatic rings. The Kier molecular flexibility index (Phi) is 5.20. The Bertz CT molecular complexity index is 1250. The summed E-state index contributed by atoms with van der Waals surface area (Å²) >= 11 is 0. The first kappa shape index (κ1) is 18.6. The van der Waals surface area contributed by atoms with Crippen LogP contribution in [0.1, 0.15) is 18.7 Å². The van der Waals surface area contributed by atoms with Crippen LogP contribution in [0.4, 0.5) is 5.69 Å². The first-order valence-electron chi connectivity index (χ1n) is 9.34. The number of para-hydroxylation sites is 1. The van der Waals surface area contributed by atoms with Crippen molar-refractivity contribution < 1.29 is 9.53 Å². The van der Waals surface area contributed by atoms with Gasteiger partial charge in [-0.05, 0) is 36.8 Å². The van der Waals surface area contributed by atoms with Gasteiger partial charge >= 0.3 is 0 Å². The maximum atomic E-state index is 12.3. The largest absolute Gasteiger partial charge is 0.497 e. The van der Waals surface area contributed by atoms with Gasteiger partial charge in [-0.25, -0.2) is 4.98 Å². The number of rotatable bonds is 6. The number of carbonyl (C=O) groups excluding carboxylic acids is 1. The minimum absolute atomic E-state index is 0.109. The average molecular weight is 388 g/mol. The van der Waals surface area contributed by atoms with Crippen LogP contribution in [0, 0.1) is 0 Å². The molecule has 0 radical (unpaired) electrons. The number of aromatic nitrogens is 3. The number of nitrogens with zero attached hydrogens (tertiary/aromatic N) is 2. The maximum absolute atomic E-state index is 12.3. The van der Waals surface area contributed by atoms with Crippen LogP contribution < -0.4 is 15.6 Å². The van der Waals surface area contributed by atoms with Gasteiger partial charge in [0.2, 0.25) is 5.91 Å². The quantitative estimate of drug-likeness (QED) is 0.527. The standard InChI is InChI=1S/C22H20N4O3/c1-29-16-10-9-14-11-15(13-23-19(14)12-16)24-21(27)8-4-7-20-25-18-6-3-2-5-17(18)22(28)26-20/h2-3,5-6,9-13H,4,7-8H2,1H3,(H,24,27)(H,25,26,28). The van der Waals surface area contributed by atoms with E-state index in [0.717, 1.165) is 16.7 Å². The van der Waals surface area contributed by atoms with Crippen LogP contribution in [0.2, 0.25) is 0 Å². The molecule has 0 bridgehead atoms. The Morgan fingerprint density at radius 3 is 2.86 bits per heavy atom. The minimum Gasteiger partial charge on any atom is -0.497 e. The molecule has 2 aromatic heterocycles. The summed E-state index contributed by atoms with van der Waals surface area (Å²) in [7, 11) is 1.61. The molecule has 4 rings (SSSR count). The van der Waals surface area contributed by atoms with Crippen molar-refractivity contribution in [2.45, 2.75) is 19.3 Å². The number of amides is 1. The van der Waals surface area contributed by atoms with Crippen molar-refractivity contribution in [1.82, 2.24) is 15.0 Å². The van der Waals surface area contributed by atoms with E-state index in [2.05, 4.69) is 20.3 Å². The van der Waals surface area contributed by atoms with Crippen molar-refractivity contribution in [2.24, 2.45) is 0 Å². The third-order valence-electron chi connectivity index (χ3n) is 4.65. The van der Waals surface area contributed by atoms with Gasteiger partial charge < -0.3 is 15.0 Å². The number of nitrogens with one attached hydrogen (secondary N) is 2. The molecule has 0 fully saturated rings. The third-order valence-corrected chi connectivity index (χ3v) is 4.65.